The van der Waals surface area contributed by atoms with Gasteiger partial charge < -0.3 is 14.4 Å². The van der Waals surface area contributed by atoms with Crippen LogP contribution in [0.25, 0.3) is 0 Å². The van der Waals surface area contributed by atoms with Crippen LogP contribution in [0.3, 0.4) is 0 Å². The Hall–Kier alpha value is -2.61. The van der Waals surface area contributed by atoms with Crippen molar-refractivity contribution in [1.82, 2.24) is 9.88 Å². The Morgan fingerprint density at radius 2 is 2.00 bits per heavy atom. The first kappa shape index (κ1) is 19.2. The van der Waals surface area contributed by atoms with Gasteiger partial charge in [-0.3, -0.25) is 4.79 Å². The van der Waals surface area contributed by atoms with E-state index in [9.17, 15) is 18.0 Å². The molecule has 0 bridgehead atoms. The average molecular weight is 380 g/mol. The molecule has 1 atom stereocenters. The second kappa shape index (κ2) is 8.39. The number of halogens is 3. The summed E-state index contributed by atoms with van der Waals surface area (Å²) in [6, 6.07) is 11.3. The van der Waals surface area contributed by atoms with E-state index in [-0.39, 0.29) is 24.5 Å². The van der Waals surface area contributed by atoms with Gasteiger partial charge in [0.2, 0.25) is 11.8 Å². The first-order chi connectivity index (χ1) is 12.9. The van der Waals surface area contributed by atoms with Gasteiger partial charge in [-0.2, -0.15) is 13.2 Å². The fourth-order valence-electron chi connectivity index (χ4n) is 2.79. The van der Waals surface area contributed by atoms with Gasteiger partial charge in [-0.1, -0.05) is 30.3 Å². The minimum Gasteiger partial charge on any atom is -0.472 e. The standard InChI is InChI=1S/C19H19F3N2O3/c20-19(21,22)15-6-8-23-17(10-15)27-16-7-9-24(11-16)18(25)13-26-12-14-4-2-1-3-5-14/h1-6,8,10,16H,7,9,11-13H2/t16-/m1/s1. The lowest BCUT2D eigenvalue weighted by molar-refractivity contribution is -0.137. The number of hydrogen-bond donors (Lipinski definition) is 0. The highest BCUT2D eigenvalue weighted by molar-refractivity contribution is 5.77. The number of carbonyl (C=O) groups excluding carboxylic acids is 1. The van der Waals surface area contributed by atoms with E-state index in [1.54, 1.807) is 4.90 Å². The van der Waals surface area contributed by atoms with Crippen LogP contribution >= 0.6 is 0 Å². The molecule has 1 amide bonds. The number of aromatic nitrogens is 1. The number of hydrogen-bond acceptors (Lipinski definition) is 4. The van der Waals surface area contributed by atoms with Crippen molar-refractivity contribution < 1.29 is 27.4 Å². The highest BCUT2D eigenvalue weighted by Gasteiger charge is 2.32. The smallest absolute Gasteiger partial charge is 0.416 e. The number of amides is 1. The van der Waals surface area contributed by atoms with Crippen LogP contribution in [0.2, 0.25) is 0 Å². The zero-order valence-electron chi connectivity index (χ0n) is 14.5. The lowest BCUT2D eigenvalue weighted by atomic mass is 10.2. The fourth-order valence-corrected chi connectivity index (χ4v) is 2.79. The molecule has 1 aliphatic heterocycles. The van der Waals surface area contributed by atoms with Crippen molar-refractivity contribution in [2.24, 2.45) is 0 Å². The van der Waals surface area contributed by atoms with E-state index in [1.807, 2.05) is 30.3 Å². The molecule has 1 aromatic heterocycles. The van der Waals surface area contributed by atoms with E-state index in [0.29, 0.717) is 26.1 Å². The largest absolute Gasteiger partial charge is 0.472 e. The summed E-state index contributed by atoms with van der Waals surface area (Å²) in [6.07, 6.45) is -3.25. The number of ether oxygens (including phenoxy) is 2. The van der Waals surface area contributed by atoms with E-state index in [0.717, 1.165) is 23.9 Å². The zero-order chi connectivity index (χ0) is 19.3. The molecule has 3 rings (SSSR count). The number of rotatable bonds is 6. The molecule has 5 nitrogen and oxygen atoms in total. The molecule has 1 aromatic carbocycles. The van der Waals surface area contributed by atoms with Crippen LogP contribution < -0.4 is 4.74 Å². The highest BCUT2D eigenvalue weighted by Crippen LogP contribution is 2.31. The summed E-state index contributed by atoms with van der Waals surface area (Å²) in [5.41, 5.74) is 0.163. The maximum Gasteiger partial charge on any atom is 0.416 e. The first-order valence-electron chi connectivity index (χ1n) is 8.51. The van der Waals surface area contributed by atoms with Crippen molar-refractivity contribution in [3.05, 3.63) is 59.8 Å². The van der Waals surface area contributed by atoms with Gasteiger partial charge in [-0.05, 0) is 11.6 Å². The third kappa shape index (κ3) is 5.43. The van der Waals surface area contributed by atoms with E-state index < -0.39 is 11.7 Å². The van der Waals surface area contributed by atoms with Crippen molar-refractivity contribution in [1.29, 1.82) is 0 Å². The Morgan fingerprint density at radius 3 is 2.74 bits per heavy atom. The van der Waals surface area contributed by atoms with E-state index in [4.69, 9.17) is 9.47 Å². The van der Waals surface area contributed by atoms with Crippen molar-refractivity contribution in [2.45, 2.75) is 25.3 Å². The van der Waals surface area contributed by atoms with Crippen LogP contribution in [0.15, 0.2) is 48.7 Å². The molecule has 2 heterocycles. The van der Waals surface area contributed by atoms with Crippen LogP contribution in [0.1, 0.15) is 17.5 Å². The molecule has 0 saturated carbocycles. The molecule has 1 fully saturated rings. The minimum absolute atomic E-state index is 0.0522. The number of carbonyl (C=O) groups is 1. The van der Waals surface area contributed by atoms with E-state index in [1.165, 1.54) is 0 Å². The van der Waals surface area contributed by atoms with Crippen molar-refractivity contribution in [3.8, 4) is 5.88 Å². The first-order valence-corrected chi connectivity index (χ1v) is 8.51. The second-order valence-corrected chi connectivity index (χ2v) is 6.23. The maximum atomic E-state index is 12.7. The summed E-state index contributed by atoms with van der Waals surface area (Å²) in [7, 11) is 0. The molecular formula is C19H19F3N2O3. The van der Waals surface area contributed by atoms with Crippen molar-refractivity contribution >= 4 is 5.91 Å². The Kier molecular flexibility index (Phi) is 5.95. The van der Waals surface area contributed by atoms with Gasteiger partial charge >= 0.3 is 6.18 Å². The summed E-state index contributed by atoms with van der Waals surface area (Å²) in [6.45, 7) is 1.06. The number of benzene rings is 1. The van der Waals surface area contributed by atoms with Crippen LogP contribution in [0, 0.1) is 0 Å². The third-order valence-corrected chi connectivity index (χ3v) is 4.18. The Bertz CT molecular complexity index is 768. The Labute approximate surface area is 154 Å². The van der Waals surface area contributed by atoms with Gasteiger partial charge in [0.05, 0.1) is 18.7 Å². The molecule has 0 radical (unpaired) electrons. The SMILES string of the molecule is O=C(COCc1ccccc1)N1CC[C@@H](Oc2cc(C(F)(F)F)ccn2)C1. The van der Waals surface area contributed by atoms with Gasteiger partial charge in [-0.25, -0.2) is 4.98 Å². The normalized spacial score (nSPS) is 17.1. The molecule has 2 aromatic rings. The summed E-state index contributed by atoms with van der Waals surface area (Å²) >= 11 is 0. The van der Waals surface area contributed by atoms with Crippen LogP contribution in [0.4, 0.5) is 13.2 Å². The average Bonchev–Trinajstić information content (AvgIpc) is 3.11. The lowest BCUT2D eigenvalue weighted by Gasteiger charge is -2.17. The zero-order valence-corrected chi connectivity index (χ0v) is 14.5. The van der Waals surface area contributed by atoms with Crippen LogP contribution in [-0.2, 0) is 22.3 Å². The summed E-state index contributed by atoms with van der Waals surface area (Å²) in [5, 5.41) is 0. The molecule has 0 N–H and O–H groups in total. The molecule has 8 heteroatoms. The quantitative estimate of drug-likeness (QED) is 0.772. The Balaban J connectivity index is 1.46. The maximum absolute atomic E-state index is 12.7. The molecule has 1 saturated heterocycles. The molecule has 144 valence electrons. The number of likely N-dealkylation sites (tertiary alicyclic amines) is 1. The highest BCUT2D eigenvalue weighted by atomic mass is 19.4. The van der Waals surface area contributed by atoms with Crippen LogP contribution in [-0.4, -0.2) is 41.6 Å². The van der Waals surface area contributed by atoms with E-state index >= 15 is 0 Å². The Morgan fingerprint density at radius 1 is 1.22 bits per heavy atom. The van der Waals surface area contributed by atoms with Crippen LogP contribution in [0.5, 0.6) is 5.88 Å². The summed E-state index contributed by atoms with van der Waals surface area (Å²) in [4.78, 5) is 17.6. The fraction of sp³-hybridized carbons (Fsp3) is 0.368. The van der Waals surface area contributed by atoms with Gasteiger partial charge in [0.15, 0.2) is 0 Å². The molecule has 0 spiro atoms. The molecule has 1 aliphatic rings. The van der Waals surface area contributed by atoms with Gasteiger partial charge in [0.25, 0.3) is 0 Å². The third-order valence-electron chi connectivity index (χ3n) is 4.18. The van der Waals surface area contributed by atoms with Gasteiger partial charge in [0, 0.05) is 25.2 Å². The number of nitrogens with zero attached hydrogens (tertiary/aromatic N) is 2. The van der Waals surface area contributed by atoms with Gasteiger partial charge in [-0.15, -0.1) is 0 Å². The molecule has 27 heavy (non-hydrogen) atoms. The topological polar surface area (TPSA) is 51.7 Å². The van der Waals surface area contributed by atoms with Crippen molar-refractivity contribution in [2.75, 3.05) is 19.7 Å². The number of alkyl halides is 3. The van der Waals surface area contributed by atoms with E-state index in [2.05, 4.69) is 4.98 Å². The monoisotopic (exact) mass is 380 g/mol. The predicted molar refractivity (Wildman–Crippen MR) is 91.0 cm³/mol. The summed E-state index contributed by atoms with van der Waals surface area (Å²) in [5.74, 6) is -0.265. The lowest BCUT2D eigenvalue weighted by Crippen LogP contribution is -2.33. The minimum atomic E-state index is -4.45. The number of pyridine rings is 1. The predicted octanol–water partition coefficient (Wildman–Crippen LogP) is 3.30. The second-order valence-electron chi connectivity index (χ2n) is 6.23. The van der Waals surface area contributed by atoms with Gasteiger partial charge in [0.1, 0.15) is 12.7 Å². The molecule has 0 aliphatic carbocycles. The molecular weight excluding hydrogens is 361 g/mol. The molecule has 0 unspecified atom stereocenters. The van der Waals surface area contributed by atoms with Crippen molar-refractivity contribution in [3.63, 3.8) is 0 Å². The summed E-state index contributed by atoms with van der Waals surface area (Å²) < 4.78 is 49.2.